The first kappa shape index (κ1) is 17.7. The summed E-state index contributed by atoms with van der Waals surface area (Å²) in [6, 6.07) is 10.8. The number of pyridine rings is 1. The molecule has 1 saturated heterocycles. The van der Waals surface area contributed by atoms with Gasteiger partial charge in [0.05, 0.1) is 26.5 Å². The van der Waals surface area contributed by atoms with Gasteiger partial charge in [-0.2, -0.15) is 0 Å². The van der Waals surface area contributed by atoms with E-state index in [0.717, 1.165) is 5.69 Å². The molecule has 2 aromatic rings. The van der Waals surface area contributed by atoms with E-state index >= 15 is 0 Å². The molecule has 3 rings (SSSR count). The monoisotopic (exact) mass is 355 g/mol. The summed E-state index contributed by atoms with van der Waals surface area (Å²) in [6.07, 6.45) is 2.14. The quantitative estimate of drug-likeness (QED) is 0.799. The maximum Gasteiger partial charge on any atom is 0.239 e. The molecule has 136 valence electrons. The molecule has 0 saturated carbocycles. The van der Waals surface area contributed by atoms with Gasteiger partial charge >= 0.3 is 0 Å². The lowest BCUT2D eigenvalue weighted by atomic mass is 10.1. The van der Waals surface area contributed by atoms with Crippen molar-refractivity contribution in [2.24, 2.45) is 5.92 Å². The van der Waals surface area contributed by atoms with Gasteiger partial charge in [0.1, 0.15) is 5.92 Å². The fourth-order valence-corrected chi connectivity index (χ4v) is 2.98. The molecule has 0 spiro atoms. The number of aromatic nitrogens is 1. The fourth-order valence-electron chi connectivity index (χ4n) is 2.98. The van der Waals surface area contributed by atoms with E-state index in [2.05, 4.69) is 10.3 Å². The lowest BCUT2D eigenvalue weighted by Gasteiger charge is -2.18. The van der Waals surface area contributed by atoms with E-state index in [4.69, 9.17) is 9.47 Å². The van der Waals surface area contributed by atoms with Gasteiger partial charge < -0.3 is 19.7 Å². The summed E-state index contributed by atoms with van der Waals surface area (Å²) in [7, 11) is 3.10. The Morgan fingerprint density at radius 3 is 2.73 bits per heavy atom. The highest BCUT2D eigenvalue weighted by molar-refractivity contribution is 6.09. The van der Waals surface area contributed by atoms with Crippen molar-refractivity contribution in [2.75, 3.05) is 25.7 Å². The van der Waals surface area contributed by atoms with Crippen LogP contribution in [-0.4, -0.2) is 37.6 Å². The number of amides is 2. The van der Waals surface area contributed by atoms with E-state index in [0.29, 0.717) is 36.7 Å². The number of hydrogen-bond donors (Lipinski definition) is 1. The van der Waals surface area contributed by atoms with Crippen molar-refractivity contribution in [3.63, 3.8) is 0 Å². The van der Waals surface area contributed by atoms with Crippen LogP contribution in [0.4, 0.5) is 5.69 Å². The number of nitrogens with one attached hydrogen (secondary N) is 1. The topological polar surface area (TPSA) is 80.8 Å². The normalized spacial score (nSPS) is 16.5. The second-order valence-electron chi connectivity index (χ2n) is 5.91. The van der Waals surface area contributed by atoms with Crippen molar-refractivity contribution < 1.29 is 19.1 Å². The zero-order valence-electron chi connectivity index (χ0n) is 14.8. The number of carbonyl (C=O) groups excluding carboxylic acids is 2. The Labute approximate surface area is 151 Å². The second kappa shape index (κ2) is 7.86. The maximum absolute atomic E-state index is 12.7. The summed E-state index contributed by atoms with van der Waals surface area (Å²) >= 11 is 0. The second-order valence-corrected chi connectivity index (χ2v) is 5.91. The zero-order valence-corrected chi connectivity index (χ0v) is 14.8. The van der Waals surface area contributed by atoms with Crippen molar-refractivity contribution in [1.82, 2.24) is 10.3 Å². The molecule has 7 heteroatoms. The first-order chi connectivity index (χ1) is 12.6. The number of benzene rings is 1. The zero-order chi connectivity index (χ0) is 18.5. The van der Waals surface area contributed by atoms with Crippen LogP contribution in [0.3, 0.4) is 0 Å². The maximum atomic E-state index is 12.7. The molecule has 7 nitrogen and oxygen atoms in total. The van der Waals surface area contributed by atoms with Gasteiger partial charge in [-0.1, -0.05) is 6.07 Å². The fraction of sp³-hybridized carbons (Fsp3) is 0.316. The van der Waals surface area contributed by atoms with Gasteiger partial charge in [0.2, 0.25) is 11.8 Å². The minimum atomic E-state index is -0.688. The predicted octanol–water partition coefficient (Wildman–Crippen LogP) is 1.77. The first-order valence-electron chi connectivity index (χ1n) is 8.35. The Bertz CT molecular complexity index is 795. The molecule has 1 aromatic carbocycles. The molecule has 1 fully saturated rings. The Hall–Kier alpha value is -3.09. The van der Waals surface area contributed by atoms with Crippen molar-refractivity contribution in [1.29, 1.82) is 0 Å². The van der Waals surface area contributed by atoms with Crippen LogP contribution in [-0.2, 0) is 16.1 Å². The molecule has 2 heterocycles. The van der Waals surface area contributed by atoms with Gasteiger partial charge in [-0.15, -0.1) is 0 Å². The summed E-state index contributed by atoms with van der Waals surface area (Å²) in [6.45, 7) is 0.788. The van der Waals surface area contributed by atoms with Gasteiger partial charge in [-0.05, 0) is 30.7 Å². The lowest BCUT2D eigenvalue weighted by Crippen LogP contribution is -2.36. The van der Waals surface area contributed by atoms with Gasteiger partial charge in [0.25, 0.3) is 0 Å². The smallest absolute Gasteiger partial charge is 0.239 e. The van der Waals surface area contributed by atoms with Crippen molar-refractivity contribution in [3.05, 3.63) is 48.3 Å². The Kier molecular flexibility index (Phi) is 5.36. The molecular weight excluding hydrogens is 334 g/mol. The predicted molar refractivity (Wildman–Crippen MR) is 96.1 cm³/mol. The van der Waals surface area contributed by atoms with Gasteiger partial charge in [-0.3, -0.25) is 14.6 Å². The standard InChI is InChI=1S/C19H21N3O4/c1-25-16-7-6-14(11-17(16)26-2)22-10-8-15(19(22)24)18(23)21-12-13-5-3-4-9-20-13/h3-7,9,11,15H,8,10,12H2,1-2H3,(H,21,23). The molecule has 1 N–H and O–H groups in total. The van der Waals surface area contributed by atoms with Crippen LogP contribution in [0.2, 0.25) is 0 Å². The van der Waals surface area contributed by atoms with Crippen LogP contribution in [0.15, 0.2) is 42.6 Å². The molecule has 2 amide bonds. The molecule has 1 aliphatic heterocycles. The summed E-state index contributed by atoms with van der Waals surface area (Å²) in [4.78, 5) is 30.9. The van der Waals surface area contributed by atoms with Crippen molar-refractivity contribution >= 4 is 17.5 Å². The van der Waals surface area contributed by atoms with Crippen LogP contribution >= 0.6 is 0 Å². The van der Waals surface area contributed by atoms with Crippen molar-refractivity contribution in [2.45, 2.75) is 13.0 Å². The first-order valence-corrected chi connectivity index (χ1v) is 8.35. The Morgan fingerprint density at radius 1 is 1.23 bits per heavy atom. The van der Waals surface area contributed by atoms with Gasteiger partial charge in [0.15, 0.2) is 11.5 Å². The minimum Gasteiger partial charge on any atom is -0.493 e. The molecular formula is C19H21N3O4. The van der Waals surface area contributed by atoms with Gasteiger partial charge in [0, 0.05) is 24.5 Å². The third-order valence-corrected chi connectivity index (χ3v) is 4.37. The number of anilines is 1. The molecule has 1 unspecified atom stereocenters. The largest absolute Gasteiger partial charge is 0.493 e. The molecule has 0 radical (unpaired) electrons. The van der Waals surface area contributed by atoms with Crippen LogP contribution in [0, 0.1) is 5.92 Å². The SMILES string of the molecule is COc1ccc(N2CCC(C(=O)NCc3ccccn3)C2=O)cc1OC. The Balaban J connectivity index is 1.67. The van der Waals surface area contributed by atoms with Crippen LogP contribution in [0.25, 0.3) is 0 Å². The number of rotatable bonds is 6. The number of ether oxygens (including phenoxy) is 2. The summed E-state index contributed by atoms with van der Waals surface area (Å²) in [5.41, 5.74) is 1.44. The van der Waals surface area contributed by atoms with E-state index in [1.165, 1.54) is 0 Å². The molecule has 1 aliphatic rings. The third kappa shape index (κ3) is 3.61. The molecule has 1 atom stereocenters. The van der Waals surface area contributed by atoms with E-state index in [9.17, 15) is 9.59 Å². The third-order valence-electron chi connectivity index (χ3n) is 4.37. The molecule has 1 aromatic heterocycles. The van der Waals surface area contributed by atoms with E-state index in [1.807, 2.05) is 18.2 Å². The summed E-state index contributed by atoms with van der Waals surface area (Å²) < 4.78 is 10.5. The van der Waals surface area contributed by atoms with Crippen molar-refractivity contribution in [3.8, 4) is 11.5 Å². The molecule has 26 heavy (non-hydrogen) atoms. The van der Waals surface area contributed by atoms with E-state index in [-0.39, 0.29) is 11.8 Å². The molecule has 0 bridgehead atoms. The summed E-state index contributed by atoms with van der Waals surface area (Å²) in [5.74, 6) is -0.0421. The highest BCUT2D eigenvalue weighted by Gasteiger charge is 2.37. The average molecular weight is 355 g/mol. The van der Waals surface area contributed by atoms with Crippen LogP contribution in [0.5, 0.6) is 11.5 Å². The van der Waals surface area contributed by atoms with Crippen LogP contribution < -0.4 is 19.7 Å². The van der Waals surface area contributed by atoms with Crippen LogP contribution in [0.1, 0.15) is 12.1 Å². The molecule has 0 aliphatic carbocycles. The number of methoxy groups -OCH3 is 2. The van der Waals surface area contributed by atoms with Gasteiger partial charge in [-0.25, -0.2) is 0 Å². The van der Waals surface area contributed by atoms with E-state index < -0.39 is 5.92 Å². The Morgan fingerprint density at radius 2 is 2.04 bits per heavy atom. The minimum absolute atomic E-state index is 0.212. The highest BCUT2D eigenvalue weighted by atomic mass is 16.5. The number of nitrogens with zero attached hydrogens (tertiary/aromatic N) is 2. The summed E-state index contributed by atoms with van der Waals surface area (Å²) in [5, 5.41) is 2.79. The number of carbonyl (C=O) groups is 2. The average Bonchev–Trinajstić information content (AvgIpc) is 3.07. The lowest BCUT2D eigenvalue weighted by molar-refractivity contribution is -0.132. The number of hydrogen-bond acceptors (Lipinski definition) is 5. The van der Waals surface area contributed by atoms with E-state index in [1.54, 1.807) is 43.5 Å². The highest BCUT2D eigenvalue weighted by Crippen LogP contribution is 2.34.